The van der Waals surface area contributed by atoms with E-state index in [1.54, 1.807) is 6.20 Å². The molecule has 1 aliphatic rings. The van der Waals surface area contributed by atoms with Crippen molar-refractivity contribution in [3.63, 3.8) is 0 Å². The molecule has 0 atom stereocenters. The molecule has 0 aromatic carbocycles. The van der Waals surface area contributed by atoms with Gasteiger partial charge in [0.25, 0.3) is 5.56 Å². The molecular weight excluding hydrogens is 220 g/mol. The van der Waals surface area contributed by atoms with Gasteiger partial charge in [-0.2, -0.15) is 0 Å². The molecule has 1 saturated heterocycles. The van der Waals surface area contributed by atoms with Gasteiger partial charge in [0, 0.05) is 12.7 Å². The van der Waals surface area contributed by atoms with Gasteiger partial charge in [-0.15, -0.1) is 0 Å². The molecule has 92 valence electrons. The summed E-state index contributed by atoms with van der Waals surface area (Å²) < 4.78 is 0. The molecule has 0 spiro atoms. The number of aromatic amines is 1. The van der Waals surface area contributed by atoms with Gasteiger partial charge < -0.3 is 10.1 Å². The second-order valence-corrected chi connectivity index (χ2v) is 4.39. The van der Waals surface area contributed by atoms with Crippen LogP contribution in [-0.2, 0) is 6.54 Å². The summed E-state index contributed by atoms with van der Waals surface area (Å²) in [7, 11) is 0. The summed E-state index contributed by atoms with van der Waals surface area (Å²) in [4.78, 5) is 26.8. The number of piperidine rings is 1. The minimum atomic E-state index is -1.17. The second-order valence-electron chi connectivity index (χ2n) is 4.39. The fourth-order valence-electron chi connectivity index (χ4n) is 2.15. The lowest BCUT2D eigenvalue weighted by Crippen LogP contribution is -2.29. The maximum atomic E-state index is 11.3. The number of likely N-dealkylation sites (tertiary alicyclic amines) is 1. The third-order valence-corrected chi connectivity index (χ3v) is 3.05. The van der Waals surface area contributed by atoms with Gasteiger partial charge in [-0.25, -0.2) is 4.79 Å². The van der Waals surface area contributed by atoms with Crippen LogP contribution in [0.25, 0.3) is 0 Å². The van der Waals surface area contributed by atoms with E-state index in [2.05, 4.69) is 9.88 Å². The molecule has 2 N–H and O–H groups in total. The van der Waals surface area contributed by atoms with Gasteiger partial charge in [0.1, 0.15) is 5.56 Å². The Bertz CT molecular complexity index is 461. The zero-order valence-electron chi connectivity index (χ0n) is 9.61. The monoisotopic (exact) mass is 236 g/mol. The van der Waals surface area contributed by atoms with Crippen LogP contribution in [0.4, 0.5) is 0 Å². The molecule has 1 fully saturated rings. The Kier molecular flexibility index (Phi) is 3.58. The summed E-state index contributed by atoms with van der Waals surface area (Å²) in [5.41, 5.74) is 0.128. The highest BCUT2D eigenvalue weighted by molar-refractivity contribution is 5.87. The molecule has 0 amide bonds. The first-order valence-electron chi connectivity index (χ1n) is 5.84. The first-order chi connectivity index (χ1) is 8.16. The molecule has 1 aromatic heterocycles. The van der Waals surface area contributed by atoms with Crippen LogP contribution in [0.15, 0.2) is 17.1 Å². The quantitative estimate of drug-likeness (QED) is 0.823. The first-order valence-corrected chi connectivity index (χ1v) is 5.84. The van der Waals surface area contributed by atoms with Crippen molar-refractivity contribution in [1.29, 1.82) is 0 Å². The number of hydrogen-bond donors (Lipinski definition) is 2. The van der Waals surface area contributed by atoms with E-state index < -0.39 is 11.5 Å². The Balaban J connectivity index is 2.13. The molecule has 1 aromatic rings. The molecule has 17 heavy (non-hydrogen) atoms. The second kappa shape index (κ2) is 5.14. The first kappa shape index (κ1) is 11.9. The molecule has 0 radical (unpaired) electrons. The molecule has 1 aliphatic heterocycles. The number of nitrogens with zero attached hydrogens (tertiary/aromatic N) is 1. The topological polar surface area (TPSA) is 73.4 Å². The van der Waals surface area contributed by atoms with Crippen molar-refractivity contribution in [2.45, 2.75) is 25.8 Å². The fraction of sp³-hybridized carbons (Fsp3) is 0.500. The number of aromatic carboxylic acids is 1. The maximum absolute atomic E-state index is 11.3. The SMILES string of the molecule is O=C(O)c1cc(CN2CCCCC2)c[nH]c1=O. The van der Waals surface area contributed by atoms with Gasteiger partial charge in [-0.1, -0.05) is 6.42 Å². The molecule has 2 heterocycles. The number of pyridine rings is 1. The molecule has 0 unspecified atom stereocenters. The van der Waals surface area contributed by atoms with Crippen LogP contribution in [0.3, 0.4) is 0 Å². The van der Waals surface area contributed by atoms with E-state index in [1.165, 1.54) is 25.3 Å². The van der Waals surface area contributed by atoms with E-state index in [0.29, 0.717) is 6.54 Å². The van der Waals surface area contributed by atoms with Gasteiger partial charge in [0.2, 0.25) is 0 Å². The third-order valence-electron chi connectivity index (χ3n) is 3.05. The van der Waals surface area contributed by atoms with Crippen molar-refractivity contribution in [2.75, 3.05) is 13.1 Å². The van der Waals surface area contributed by atoms with Gasteiger partial charge in [-0.3, -0.25) is 9.69 Å². The Hall–Kier alpha value is -1.62. The van der Waals surface area contributed by atoms with E-state index in [-0.39, 0.29) is 5.56 Å². The minimum absolute atomic E-state index is 0.181. The number of carboxylic acid groups (broad SMARTS) is 1. The summed E-state index contributed by atoms with van der Waals surface area (Å²) in [5, 5.41) is 8.86. The molecule has 2 rings (SSSR count). The van der Waals surface area contributed by atoms with E-state index >= 15 is 0 Å². The molecule has 5 nitrogen and oxygen atoms in total. The molecule has 0 saturated carbocycles. The summed E-state index contributed by atoms with van der Waals surface area (Å²) in [5.74, 6) is -1.17. The molecular formula is C12H16N2O3. The van der Waals surface area contributed by atoms with Gasteiger partial charge in [0.05, 0.1) is 0 Å². The Morgan fingerprint density at radius 1 is 1.35 bits per heavy atom. The van der Waals surface area contributed by atoms with Gasteiger partial charge in [-0.05, 0) is 37.6 Å². The summed E-state index contributed by atoms with van der Waals surface area (Å²) in [6.45, 7) is 2.79. The van der Waals surface area contributed by atoms with Crippen LogP contribution < -0.4 is 5.56 Å². The van der Waals surface area contributed by atoms with Crippen LogP contribution in [0.5, 0.6) is 0 Å². The molecule has 5 heteroatoms. The number of carbonyl (C=O) groups is 1. The van der Waals surface area contributed by atoms with Crippen LogP contribution in [0.1, 0.15) is 35.2 Å². The Morgan fingerprint density at radius 2 is 2.06 bits per heavy atom. The lowest BCUT2D eigenvalue weighted by molar-refractivity contribution is 0.0694. The van der Waals surface area contributed by atoms with Crippen molar-refractivity contribution in [3.8, 4) is 0 Å². The number of H-pyrrole nitrogens is 1. The number of nitrogens with one attached hydrogen (secondary N) is 1. The zero-order chi connectivity index (χ0) is 12.3. The molecule has 0 bridgehead atoms. The lowest BCUT2D eigenvalue weighted by Gasteiger charge is -2.26. The Labute approximate surface area is 99.1 Å². The normalized spacial score (nSPS) is 16.9. The van der Waals surface area contributed by atoms with Crippen LogP contribution in [-0.4, -0.2) is 34.0 Å². The fourth-order valence-corrected chi connectivity index (χ4v) is 2.15. The maximum Gasteiger partial charge on any atom is 0.341 e. The Morgan fingerprint density at radius 3 is 2.71 bits per heavy atom. The van der Waals surface area contributed by atoms with Crippen molar-refractivity contribution < 1.29 is 9.90 Å². The number of hydrogen-bond acceptors (Lipinski definition) is 3. The van der Waals surface area contributed by atoms with E-state index in [0.717, 1.165) is 18.7 Å². The third kappa shape index (κ3) is 2.94. The van der Waals surface area contributed by atoms with Crippen molar-refractivity contribution >= 4 is 5.97 Å². The largest absolute Gasteiger partial charge is 0.477 e. The minimum Gasteiger partial charge on any atom is -0.477 e. The predicted octanol–water partition coefficient (Wildman–Crippen LogP) is 1.06. The molecule has 0 aliphatic carbocycles. The van der Waals surface area contributed by atoms with Crippen molar-refractivity contribution in [2.24, 2.45) is 0 Å². The highest BCUT2D eigenvalue weighted by Crippen LogP contribution is 2.12. The average molecular weight is 236 g/mol. The summed E-state index contributed by atoms with van der Waals surface area (Å²) in [6, 6.07) is 1.47. The van der Waals surface area contributed by atoms with Crippen LogP contribution in [0.2, 0.25) is 0 Å². The van der Waals surface area contributed by atoms with Crippen molar-refractivity contribution in [3.05, 3.63) is 33.7 Å². The van der Waals surface area contributed by atoms with E-state index in [9.17, 15) is 9.59 Å². The smallest absolute Gasteiger partial charge is 0.341 e. The van der Waals surface area contributed by atoms with Crippen molar-refractivity contribution in [1.82, 2.24) is 9.88 Å². The number of carboxylic acids is 1. The summed E-state index contributed by atoms with van der Waals surface area (Å²) >= 11 is 0. The van der Waals surface area contributed by atoms with Gasteiger partial charge in [0.15, 0.2) is 0 Å². The highest BCUT2D eigenvalue weighted by atomic mass is 16.4. The lowest BCUT2D eigenvalue weighted by atomic mass is 10.1. The zero-order valence-corrected chi connectivity index (χ0v) is 9.61. The standard InChI is InChI=1S/C12H16N2O3/c15-11-10(12(16)17)6-9(7-13-11)8-14-4-2-1-3-5-14/h6-7H,1-5,8H2,(H,13,15)(H,16,17). The number of aromatic nitrogens is 1. The van der Waals surface area contributed by atoms with E-state index in [4.69, 9.17) is 5.11 Å². The van der Waals surface area contributed by atoms with Crippen LogP contribution in [0, 0.1) is 0 Å². The van der Waals surface area contributed by atoms with E-state index in [1.807, 2.05) is 0 Å². The highest BCUT2D eigenvalue weighted by Gasteiger charge is 2.13. The number of rotatable bonds is 3. The average Bonchev–Trinajstić information content (AvgIpc) is 2.32. The van der Waals surface area contributed by atoms with Crippen LogP contribution >= 0.6 is 0 Å². The van der Waals surface area contributed by atoms with Gasteiger partial charge >= 0.3 is 5.97 Å². The summed E-state index contributed by atoms with van der Waals surface area (Å²) in [6.07, 6.45) is 5.25. The predicted molar refractivity (Wildman–Crippen MR) is 63.2 cm³/mol.